The number of benzene rings is 2. The molecule has 0 unspecified atom stereocenters. The first-order valence-electron chi connectivity index (χ1n) is 6.77. The summed E-state index contributed by atoms with van der Waals surface area (Å²) in [5.41, 5.74) is 4.04. The number of halogens is 1. The predicted molar refractivity (Wildman–Crippen MR) is 93.8 cm³/mol. The minimum absolute atomic E-state index is 0.542. The predicted octanol–water partition coefficient (Wildman–Crippen LogP) is 5.13. The topological polar surface area (TPSA) is 33.0 Å². The zero-order valence-electron chi connectivity index (χ0n) is 12.3. The van der Waals surface area contributed by atoms with E-state index in [4.69, 9.17) is 21.6 Å². The summed E-state index contributed by atoms with van der Waals surface area (Å²) in [4.78, 5) is 0. The lowest BCUT2D eigenvalue weighted by molar-refractivity contribution is 0.240. The van der Waals surface area contributed by atoms with Gasteiger partial charge in [0.1, 0.15) is 0 Å². The second-order valence-electron chi connectivity index (χ2n) is 4.71. The van der Waals surface area contributed by atoms with Crippen molar-refractivity contribution in [1.29, 1.82) is 5.26 Å². The second kappa shape index (κ2) is 8.65. The first-order chi connectivity index (χ1) is 10.7. The third-order valence-electron chi connectivity index (χ3n) is 3.05. The van der Waals surface area contributed by atoms with Gasteiger partial charge in [0.05, 0.1) is 18.2 Å². The van der Waals surface area contributed by atoms with Crippen LogP contribution in [0.2, 0.25) is 5.02 Å². The lowest BCUT2D eigenvalue weighted by atomic mass is 10.1. The lowest BCUT2D eigenvalue weighted by Gasteiger charge is -2.07. The molecule has 2 nitrogen and oxygen atoms in total. The van der Waals surface area contributed by atoms with Crippen molar-refractivity contribution in [2.45, 2.75) is 5.75 Å². The summed E-state index contributed by atoms with van der Waals surface area (Å²) >= 11 is 7.75. The van der Waals surface area contributed by atoms with Crippen LogP contribution in [0.1, 0.15) is 16.7 Å². The van der Waals surface area contributed by atoms with E-state index in [1.165, 1.54) is 5.56 Å². The summed E-state index contributed by atoms with van der Waals surface area (Å²) in [6.07, 6.45) is 0. The molecule has 0 saturated heterocycles. The van der Waals surface area contributed by atoms with E-state index < -0.39 is 0 Å². The van der Waals surface area contributed by atoms with Gasteiger partial charge >= 0.3 is 0 Å². The maximum absolute atomic E-state index is 8.80. The summed E-state index contributed by atoms with van der Waals surface area (Å²) in [5, 5.41) is 11.6. The van der Waals surface area contributed by atoms with Crippen LogP contribution in [-0.4, -0.2) is 13.7 Å². The number of rotatable bonds is 6. The zero-order chi connectivity index (χ0) is 15.8. The van der Waals surface area contributed by atoms with E-state index in [9.17, 15) is 0 Å². The molecule has 0 aromatic heterocycles. The summed E-state index contributed by atoms with van der Waals surface area (Å²) in [6, 6.07) is 17.5. The van der Waals surface area contributed by atoms with Crippen molar-refractivity contribution in [3.8, 4) is 6.07 Å². The molecule has 0 aliphatic carbocycles. The smallest absolute Gasteiger partial charge is 0.0991 e. The molecule has 0 saturated carbocycles. The van der Waals surface area contributed by atoms with Crippen molar-refractivity contribution in [1.82, 2.24) is 0 Å². The Balaban J connectivity index is 2.05. The van der Waals surface area contributed by atoms with E-state index >= 15 is 0 Å². The van der Waals surface area contributed by atoms with Crippen LogP contribution in [0, 0.1) is 11.3 Å². The standard InChI is InChI=1S/C18H16ClNOS/c1-21-11-17(16-3-2-4-18(19)9-16)13-22-12-15-7-5-14(10-20)6-8-15/h2-9,13H,11-12H2,1H3/b17-13+. The summed E-state index contributed by atoms with van der Waals surface area (Å²) in [6.45, 7) is 0.542. The van der Waals surface area contributed by atoms with Crippen molar-refractivity contribution in [3.63, 3.8) is 0 Å². The monoisotopic (exact) mass is 329 g/mol. The van der Waals surface area contributed by atoms with Crippen molar-refractivity contribution >= 4 is 28.9 Å². The normalized spacial score (nSPS) is 11.2. The van der Waals surface area contributed by atoms with Gasteiger partial charge < -0.3 is 4.74 Å². The third-order valence-corrected chi connectivity index (χ3v) is 4.24. The van der Waals surface area contributed by atoms with Gasteiger partial charge in [-0.15, -0.1) is 11.8 Å². The van der Waals surface area contributed by atoms with Gasteiger partial charge in [-0.05, 0) is 46.4 Å². The Kier molecular flexibility index (Phi) is 6.54. The third kappa shape index (κ3) is 4.92. The fraction of sp³-hybridized carbons (Fsp3) is 0.167. The zero-order valence-corrected chi connectivity index (χ0v) is 13.8. The molecule has 4 heteroatoms. The number of nitrogens with zero attached hydrogens (tertiary/aromatic N) is 1. The molecular weight excluding hydrogens is 314 g/mol. The number of hydrogen-bond donors (Lipinski definition) is 0. The van der Waals surface area contributed by atoms with E-state index in [0.717, 1.165) is 21.9 Å². The molecular formula is C18H16ClNOS. The maximum atomic E-state index is 8.80. The number of ether oxygens (including phenoxy) is 1. The Morgan fingerprint density at radius 3 is 2.68 bits per heavy atom. The van der Waals surface area contributed by atoms with Crippen LogP contribution in [0.25, 0.3) is 5.57 Å². The van der Waals surface area contributed by atoms with Gasteiger partial charge in [0.25, 0.3) is 0 Å². The molecule has 2 aromatic rings. The van der Waals surface area contributed by atoms with Crippen molar-refractivity contribution in [3.05, 3.63) is 75.7 Å². The SMILES string of the molecule is COC/C(=C\SCc1ccc(C#N)cc1)c1cccc(Cl)c1. The number of methoxy groups -OCH3 is 1. The van der Waals surface area contributed by atoms with Gasteiger partial charge in [-0.1, -0.05) is 35.9 Å². The van der Waals surface area contributed by atoms with Gasteiger partial charge in [0, 0.05) is 17.9 Å². The highest BCUT2D eigenvalue weighted by Gasteiger charge is 2.03. The van der Waals surface area contributed by atoms with Gasteiger partial charge in [0.2, 0.25) is 0 Å². The minimum Gasteiger partial charge on any atom is -0.380 e. The molecule has 0 N–H and O–H groups in total. The fourth-order valence-corrected chi connectivity index (χ4v) is 3.01. The van der Waals surface area contributed by atoms with Crippen molar-refractivity contribution in [2.75, 3.05) is 13.7 Å². The van der Waals surface area contributed by atoms with Crippen LogP contribution in [-0.2, 0) is 10.5 Å². The van der Waals surface area contributed by atoms with Crippen LogP contribution < -0.4 is 0 Å². The molecule has 0 amide bonds. The summed E-state index contributed by atoms with van der Waals surface area (Å²) < 4.78 is 5.27. The van der Waals surface area contributed by atoms with Crippen molar-refractivity contribution < 1.29 is 4.74 Å². The Hall–Kier alpha value is -1.73. The van der Waals surface area contributed by atoms with E-state index in [1.54, 1.807) is 18.9 Å². The minimum atomic E-state index is 0.542. The van der Waals surface area contributed by atoms with Crippen LogP contribution in [0.3, 0.4) is 0 Å². The molecule has 112 valence electrons. The molecule has 0 atom stereocenters. The average molecular weight is 330 g/mol. The van der Waals surface area contributed by atoms with Crippen LogP contribution in [0.5, 0.6) is 0 Å². The number of nitriles is 1. The van der Waals surface area contributed by atoms with Crippen LogP contribution >= 0.6 is 23.4 Å². The molecule has 0 spiro atoms. The molecule has 0 heterocycles. The van der Waals surface area contributed by atoms with Crippen molar-refractivity contribution in [2.24, 2.45) is 0 Å². The Labute approximate surface area is 140 Å². The summed E-state index contributed by atoms with van der Waals surface area (Å²) in [7, 11) is 1.68. The average Bonchev–Trinajstić information content (AvgIpc) is 2.54. The molecule has 2 aromatic carbocycles. The van der Waals surface area contributed by atoms with Gasteiger partial charge in [0.15, 0.2) is 0 Å². The lowest BCUT2D eigenvalue weighted by Crippen LogP contribution is -1.93. The van der Waals surface area contributed by atoms with Gasteiger partial charge in [-0.2, -0.15) is 5.26 Å². The first kappa shape index (κ1) is 16.6. The molecule has 0 aliphatic rings. The molecule has 22 heavy (non-hydrogen) atoms. The Morgan fingerprint density at radius 1 is 1.27 bits per heavy atom. The molecule has 2 rings (SSSR count). The molecule has 0 radical (unpaired) electrons. The van der Waals surface area contributed by atoms with Gasteiger partial charge in [-0.3, -0.25) is 0 Å². The van der Waals surface area contributed by atoms with Gasteiger partial charge in [-0.25, -0.2) is 0 Å². The van der Waals surface area contributed by atoms with E-state index in [2.05, 4.69) is 11.5 Å². The highest BCUT2D eigenvalue weighted by atomic mass is 35.5. The molecule has 0 bridgehead atoms. The summed E-state index contributed by atoms with van der Waals surface area (Å²) in [5.74, 6) is 0.847. The second-order valence-corrected chi connectivity index (χ2v) is 6.00. The van der Waals surface area contributed by atoms with Crippen LogP contribution in [0.15, 0.2) is 53.9 Å². The number of thioether (sulfide) groups is 1. The highest BCUT2D eigenvalue weighted by Crippen LogP contribution is 2.24. The highest BCUT2D eigenvalue weighted by molar-refractivity contribution is 8.01. The van der Waals surface area contributed by atoms with E-state index in [-0.39, 0.29) is 0 Å². The fourth-order valence-electron chi connectivity index (χ4n) is 1.94. The molecule has 0 fully saturated rings. The first-order valence-corrected chi connectivity index (χ1v) is 8.20. The largest absolute Gasteiger partial charge is 0.380 e. The maximum Gasteiger partial charge on any atom is 0.0991 e. The Morgan fingerprint density at radius 2 is 2.05 bits per heavy atom. The quantitative estimate of drug-likeness (QED) is 0.736. The number of hydrogen-bond acceptors (Lipinski definition) is 3. The Bertz CT molecular complexity index is 689. The van der Waals surface area contributed by atoms with E-state index in [0.29, 0.717) is 12.2 Å². The molecule has 0 aliphatic heterocycles. The van der Waals surface area contributed by atoms with Crippen LogP contribution in [0.4, 0.5) is 0 Å². The van der Waals surface area contributed by atoms with E-state index in [1.807, 2.05) is 48.5 Å².